The van der Waals surface area contributed by atoms with Gasteiger partial charge in [-0.3, -0.25) is 0 Å². The van der Waals surface area contributed by atoms with Crippen LogP contribution in [-0.4, -0.2) is 37.5 Å². The molecule has 5 nitrogen and oxygen atoms in total. The molecule has 0 unspecified atom stereocenters. The summed E-state index contributed by atoms with van der Waals surface area (Å²) in [6.45, 7) is 1.97. The summed E-state index contributed by atoms with van der Waals surface area (Å²) >= 11 is 0. The van der Waals surface area contributed by atoms with Gasteiger partial charge in [-0.1, -0.05) is 19.1 Å². The molecule has 6 heteroatoms. The Labute approximate surface area is 107 Å². The van der Waals surface area contributed by atoms with E-state index in [1.54, 1.807) is 12.1 Å². The lowest BCUT2D eigenvalue weighted by atomic mass is 10.2. The van der Waals surface area contributed by atoms with Crippen molar-refractivity contribution in [1.29, 1.82) is 5.26 Å². The number of rotatable bonds is 6. The fourth-order valence-corrected chi connectivity index (χ4v) is 3.30. The SMILES string of the molecule is CCCN(CCO)S(=O)(=O)c1ccccc1C#N. The van der Waals surface area contributed by atoms with Gasteiger partial charge in [-0.05, 0) is 18.6 Å². The lowest BCUT2D eigenvalue weighted by molar-refractivity contribution is 0.253. The number of aliphatic hydroxyl groups excluding tert-OH is 1. The number of hydrogen-bond donors (Lipinski definition) is 1. The van der Waals surface area contributed by atoms with Gasteiger partial charge < -0.3 is 5.11 Å². The first-order valence-corrected chi connectivity index (χ1v) is 7.12. The summed E-state index contributed by atoms with van der Waals surface area (Å²) < 4.78 is 25.9. The van der Waals surface area contributed by atoms with Crippen molar-refractivity contribution >= 4 is 10.0 Å². The summed E-state index contributed by atoms with van der Waals surface area (Å²) in [5.41, 5.74) is 0.122. The van der Waals surface area contributed by atoms with Crippen LogP contribution in [0.2, 0.25) is 0 Å². The summed E-state index contributed by atoms with van der Waals surface area (Å²) in [6, 6.07) is 7.95. The predicted molar refractivity (Wildman–Crippen MR) is 67.3 cm³/mol. The molecule has 18 heavy (non-hydrogen) atoms. The Hall–Kier alpha value is -1.42. The first-order valence-electron chi connectivity index (χ1n) is 5.68. The third-order valence-corrected chi connectivity index (χ3v) is 4.40. The maximum atomic E-state index is 12.4. The molecule has 1 aromatic carbocycles. The fraction of sp³-hybridized carbons (Fsp3) is 0.417. The van der Waals surface area contributed by atoms with Gasteiger partial charge in [-0.15, -0.1) is 0 Å². The van der Waals surface area contributed by atoms with Gasteiger partial charge in [0.25, 0.3) is 0 Å². The lowest BCUT2D eigenvalue weighted by Crippen LogP contribution is -2.34. The van der Waals surface area contributed by atoms with E-state index in [1.165, 1.54) is 16.4 Å². The average molecular weight is 268 g/mol. The van der Waals surface area contributed by atoms with Crippen molar-refractivity contribution in [3.05, 3.63) is 29.8 Å². The van der Waals surface area contributed by atoms with E-state index in [9.17, 15) is 8.42 Å². The van der Waals surface area contributed by atoms with E-state index in [0.717, 1.165) is 0 Å². The zero-order valence-electron chi connectivity index (χ0n) is 10.2. The first-order chi connectivity index (χ1) is 8.57. The standard InChI is InChI=1S/C12H16N2O3S/c1-2-7-14(8-9-15)18(16,17)12-6-4-3-5-11(12)10-13/h3-6,15H,2,7-9H2,1H3. The Morgan fingerprint density at radius 2 is 2.00 bits per heavy atom. The van der Waals surface area contributed by atoms with Gasteiger partial charge in [0.2, 0.25) is 10.0 Å². The monoisotopic (exact) mass is 268 g/mol. The molecule has 0 amide bonds. The highest BCUT2D eigenvalue weighted by atomic mass is 32.2. The molecule has 0 fully saturated rings. The van der Waals surface area contributed by atoms with Gasteiger partial charge in [-0.2, -0.15) is 9.57 Å². The number of sulfonamides is 1. The molecule has 0 spiro atoms. The Balaban J connectivity index is 3.23. The van der Waals surface area contributed by atoms with Gasteiger partial charge in [0.1, 0.15) is 6.07 Å². The van der Waals surface area contributed by atoms with E-state index in [2.05, 4.69) is 0 Å². The van der Waals surface area contributed by atoms with E-state index in [4.69, 9.17) is 10.4 Å². The molecule has 1 N–H and O–H groups in total. The highest BCUT2D eigenvalue weighted by Crippen LogP contribution is 2.19. The molecule has 0 atom stereocenters. The Morgan fingerprint density at radius 3 is 2.56 bits per heavy atom. The third kappa shape index (κ3) is 3.07. The normalized spacial score (nSPS) is 11.4. The van der Waals surface area contributed by atoms with Crippen LogP contribution in [0.5, 0.6) is 0 Å². The first kappa shape index (κ1) is 14.6. The van der Waals surface area contributed by atoms with E-state index in [0.29, 0.717) is 13.0 Å². The molecule has 0 aliphatic rings. The zero-order chi connectivity index (χ0) is 13.6. The Bertz CT molecular complexity index is 528. The number of nitrogens with zero attached hydrogens (tertiary/aromatic N) is 2. The van der Waals surface area contributed by atoms with Crippen LogP contribution in [0.1, 0.15) is 18.9 Å². The van der Waals surface area contributed by atoms with Crippen LogP contribution in [0.3, 0.4) is 0 Å². The van der Waals surface area contributed by atoms with Crippen molar-refractivity contribution in [1.82, 2.24) is 4.31 Å². The molecule has 0 radical (unpaired) electrons. The van der Waals surface area contributed by atoms with Gasteiger partial charge in [0, 0.05) is 13.1 Å². The van der Waals surface area contributed by atoms with Crippen LogP contribution in [0.15, 0.2) is 29.2 Å². The van der Waals surface area contributed by atoms with E-state index < -0.39 is 10.0 Å². The highest BCUT2D eigenvalue weighted by molar-refractivity contribution is 7.89. The summed E-state index contributed by atoms with van der Waals surface area (Å²) in [5.74, 6) is 0. The molecular formula is C12H16N2O3S. The average Bonchev–Trinajstić information content (AvgIpc) is 2.38. The molecule has 1 rings (SSSR count). The van der Waals surface area contributed by atoms with Crippen LogP contribution in [0.25, 0.3) is 0 Å². The molecule has 1 aromatic rings. The van der Waals surface area contributed by atoms with Gasteiger partial charge in [0.05, 0.1) is 17.1 Å². The minimum absolute atomic E-state index is 0.00519. The molecule has 0 heterocycles. The Morgan fingerprint density at radius 1 is 1.33 bits per heavy atom. The molecular weight excluding hydrogens is 252 g/mol. The van der Waals surface area contributed by atoms with Crippen LogP contribution in [0.4, 0.5) is 0 Å². The summed E-state index contributed by atoms with van der Waals surface area (Å²) in [5, 5.41) is 17.9. The van der Waals surface area contributed by atoms with Crippen LogP contribution in [-0.2, 0) is 10.0 Å². The summed E-state index contributed by atoms with van der Waals surface area (Å²) in [4.78, 5) is -0.00519. The topological polar surface area (TPSA) is 81.4 Å². The largest absolute Gasteiger partial charge is 0.395 e. The quantitative estimate of drug-likeness (QED) is 0.833. The van der Waals surface area contributed by atoms with Crippen LogP contribution < -0.4 is 0 Å². The maximum absolute atomic E-state index is 12.4. The van der Waals surface area contributed by atoms with Gasteiger partial charge in [-0.25, -0.2) is 8.42 Å². The summed E-state index contributed by atoms with van der Waals surface area (Å²) in [7, 11) is -3.72. The maximum Gasteiger partial charge on any atom is 0.244 e. The van der Waals surface area contributed by atoms with Crippen molar-refractivity contribution in [2.75, 3.05) is 19.7 Å². The molecule has 0 aromatic heterocycles. The predicted octanol–water partition coefficient (Wildman–Crippen LogP) is 0.951. The van der Waals surface area contributed by atoms with E-state index >= 15 is 0 Å². The number of aliphatic hydroxyl groups is 1. The minimum Gasteiger partial charge on any atom is -0.395 e. The smallest absolute Gasteiger partial charge is 0.244 e. The molecule has 0 saturated carbocycles. The number of nitriles is 1. The third-order valence-electron chi connectivity index (χ3n) is 2.45. The molecule has 0 aliphatic heterocycles. The van der Waals surface area contributed by atoms with Crippen molar-refractivity contribution in [2.45, 2.75) is 18.2 Å². The second kappa shape index (κ2) is 6.50. The number of hydrogen-bond acceptors (Lipinski definition) is 4. The fourth-order valence-electron chi connectivity index (χ4n) is 1.64. The molecule has 98 valence electrons. The van der Waals surface area contributed by atoms with Crippen molar-refractivity contribution in [3.8, 4) is 6.07 Å². The van der Waals surface area contributed by atoms with Gasteiger partial charge in [0.15, 0.2) is 0 Å². The zero-order valence-corrected chi connectivity index (χ0v) is 11.0. The lowest BCUT2D eigenvalue weighted by Gasteiger charge is -2.21. The highest BCUT2D eigenvalue weighted by Gasteiger charge is 2.25. The second-order valence-corrected chi connectivity index (χ2v) is 5.64. The van der Waals surface area contributed by atoms with Gasteiger partial charge >= 0.3 is 0 Å². The minimum atomic E-state index is -3.72. The van der Waals surface area contributed by atoms with E-state index in [1.807, 2.05) is 13.0 Å². The molecule has 0 saturated heterocycles. The van der Waals surface area contributed by atoms with Crippen molar-refractivity contribution in [2.24, 2.45) is 0 Å². The molecule has 0 bridgehead atoms. The van der Waals surface area contributed by atoms with Crippen molar-refractivity contribution in [3.63, 3.8) is 0 Å². The number of benzene rings is 1. The van der Waals surface area contributed by atoms with E-state index in [-0.39, 0.29) is 23.6 Å². The second-order valence-electron chi connectivity index (χ2n) is 3.74. The summed E-state index contributed by atoms with van der Waals surface area (Å²) in [6.07, 6.45) is 0.647. The Kier molecular flexibility index (Phi) is 5.28. The van der Waals surface area contributed by atoms with Crippen molar-refractivity contribution < 1.29 is 13.5 Å². The van der Waals surface area contributed by atoms with Crippen LogP contribution in [0, 0.1) is 11.3 Å². The van der Waals surface area contributed by atoms with Crippen LogP contribution >= 0.6 is 0 Å². The molecule has 0 aliphatic carbocycles.